The summed E-state index contributed by atoms with van der Waals surface area (Å²) >= 11 is 0. The Labute approximate surface area is 394 Å². The van der Waals surface area contributed by atoms with E-state index in [9.17, 15) is 9.59 Å². The Balaban J connectivity index is 4.44. The van der Waals surface area contributed by atoms with E-state index in [0.29, 0.717) is 19.4 Å². The average Bonchev–Trinajstić information content (AvgIpc) is 3.30. The zero-order valence-electron chi connectivity index (χ0n) is 41.2. The maximum atomic E-state index is 12.8. The lowest BCUT2D eigenvalue weighted by molar-refractivity contribution is -0.163. The van der Waals surface area contributed by atoms with Crippen LogP contribution in [0.4, 0.5) is 0 Å². The van der Waals surface area contributed by atoms with E-state index in [4.69, 9.17) is 14.2 Å². The first-order valence-electron chi connectivity index (χ1n) is 25.7. The van der Waals surface area contributed by atoms with Crippen molar-refractivity contribution < 1.29 is 23.8 Å². The molecule has 0 spiro atoms. The third-order valence-corrected chi connectivity index (χ3v) is 10.2. The molecule has 0 N–H and O–H groups in total. The fourth-order valence-corrected chi connectivity index (χ4v) is 6.45. The fraction of sp³-hybridized carbons (Fsp3) is 0.593. The average molecular weight is 883 g/mol. The van der Waals surface area contributed by atoms with Gasteiger partial charge in [-0.1, -0.05) is 193 Å². The first kappa shape index (κ1) is 60.0. The van der Waals surface area contributed by atoms with Crippen LogP contribution in [0.15, 0.2) is 134 Å². The van der Waals surface area contributed by atoms with Crippen molar-refractivity contribution in [2.75, 3.05) is 19.8 Å². The maximum absolute atomic E-state index is 12.8. The fourth-order valence-electron chi connectivity index (χ4n) is 6.45. The number of unbranched alkanes of at least 4 members (excludes halogenated alkanes) is 12. The third-order valence-electron chi connectivity index (χ3n) is 10.2. The van der Waals surface area contributed by atoms with Crippen LogP contribution in [0.3, 0.4) is 0 Å². The van der Waals surface area contributed by atoms with Gasteiger partial charge in [0.15, 0.2) is 6.10 Å². The number of rotatable bonds is 45. The number of hydrogen-bond acceptors (Lipinski definition) is 5. The zero-order chi connectivity index (χ0) is 46.3. The van der Waals surface area contributed by atoms with E-state index >= 15 is 0 Å². The van der Waals surface area contributed by atoms with Crippen LogP contribution in [-0.4, -0.2) is 37.9 Å². The molecule has 0 saturated carbocycles. The van der Waals surface area contributed by atoms with Gasteiger partial charge < -0.3 is 14.2 Å². The van der Waals surface area contributed by atoms with E-state index in [1.165, 1.54) is 25.7 Å². The Bertz CT molecular complexity index is 1370. The van der Waals surface area contributed by atoms with Gasteiger partial charge in [0.2, 0.25) is 0 Å². The molecule has 0 aliphatic rings. The summed E-state index contributed by atoms with van der Waals surface area (Å²) in [5.41, 5.74) is 0. The van der Waals surface area contributed by atoms with Crippen molar-refractivity contribution in [1.82, 2.24) is 0 Å². The first-order chi connectivity index (χ1) is 31.6. The topological polar surface area (TPSA) is 61.8 Å². The van der Waals surface area contributed by atoms with Crippen LogP contribution in [-0.2, 0) is 23.8 Å². The number of carbonyl (C=O) groups excluding carboxylic acids is 2. The van der Waals surface area contributed by atoms with Crippen LogP contribution in [0, 0.1) is 0 Å². The highest BCUT2D eigenvalue weighted by molar-refractivity contribution is 5.70. The minimum Gasteiger partial charge on any atom is -0.462 e. The number of hydrogen-bond donors (Lipinski definition) is 0. The van der Waals surface area contributed by atoms with Crippen LogP contribution in [0.5, 0.6) is 0 Å². The highest BCUT2D eigenvalue weighted by Gasteiger charge is 2.17. The molecule has 0 amide bonds. The summed E-state index contributed by atoms with van der Waals surface area (Å²) in [6.45, 7) is 7.37. The van der Waals surface area contributed by atoms with Gasteiger partial charge in [0.05, 0.1) is 6.61 Å². The third kappa shape index (κ3) is 50.7. The largest absolute Gasteiger partial charge is 0.462 e. The summed E-state index contributed by atoms with van der Waals surface area (Å²) in [5.74, 6) is -0.491. The molecular weight excluding hydrogens is 789 g/mol. The van der Waals surface area contributed by atoms with Crippen LogP contribution in [0.1, 0.15) is 201 Å². The van der Waals surface area contributed by atoms with Gasteiger partial charge in [-0.3, -0.25) is 9.59 Å². The number of carbonyl (C=O) groups is 2. The Morgan fingerprint density at radius 1 is 0.344 bits per heavy atom. The summed E-state index contributed by atoms with van der Waals surface area (Å²) < 4.78 is 17.3. The van der Waals surface area contributed by atoms with Crippen LogP contribution in [0.25, 0.3) is 0 Å². The lowest BCUT2D eigenvalue weighted by Crippen LogP contribution is -2.30. The van der Waals surface area contributed by atoms with Gasteiger partial charge in [-0.05, 0) is 128 Å². The Kier molecular flexibility index (Phi) is 50.1. The second-order valence-corrected chi connectivity index (χ2v) is 16.3. The van der Waals surface area contributed by atoms with Gasteiger partial charge in [0.1, 0.15) is 6.61 Å². The van der Waals surface area contributed by atoms with E-state index in [2.05, 4.69) is 154 Å². The highest BCUT2D eigenvalue weighted by Crippen LogP contribution is 2.11. The molecule has 0 fully saturated rings. The molecule has 5 heteroatoms. The van der Waals surface area contributed by atoms with Crippen LogP contribution < -0.4 is 0 Å². The van der Waals surface area contributed by atoms with E-state index in [1.54, 1.807) is 0 Å². The lowest BCUT2D eigenvalue weighted by atomic mass is 10.1. The van der Waals surface area contributed by atoms with Crippen LogP contribution >= 0.6 is 0 Å². The molecule has 0 aliphatic carbocycles. The SMILES string of the molecule is CC/C=C\C/C=C\C/C=C\C/C=C\CCCCCCC(=O)OCC(COCCCCCCCC/C=C\C/C=C\C/C=C\CC)OC(=O)CCCC/C=C\C/C=C\C/C=C\C/C=C\CC. The van der Waals surface area contributed by atoms with Crippen molar-refractivity contribution in [2.45, 2.75) is 207 Å². The van der Waals surface area contributed by atoms with Crippen LogP contribution in [0.2, 0.25) is 0 Å². The minimum absolute atomic E-state index is 0.0411. The van der Waals surface area contributed by atoms with Crippen molar-refractivity contribution in [1.29, 1.82) is 0 Å². The molecule has 0 aromatic rings. The molecule has 0 saturated heterocycles. The Hall–Kier alpha value is -3.96. The van der Waals surface area contributed by atoms with E-state index in [-0.39, 0.29) is 25.2 Å². The minimum atomic E-state index is -0.585. The molecule has 0 aromatic carbocycles. The van der Waals surface area contributed by atoms with Gasteiger partial charge in [-0.15, -0.1) is 0 Å². The molecule has 1 unspecified atom stereocenters. The summed E-state index contributed by atoms with van der Waals surface area (Å²) in [6.07, 6.45) is 76.0. The number of ether oxygens (including phenoxy) is 3. The normalized spacial score (nSPS) is 13.4. The first-order valence-corrected chi connectivity index (χ1v) is 25.7. The van der Waals surface area contributed by atoms with Crippen molar-refractivity contribution in [2.24, 2.45) is 0 Å². The smallest absolute Gasteiger partial charge is 0.306 e. The summed E-state index contributed by atoms with van der Waals surface area (Å²) in [7, 11) is 0. The van der Waals surface area contributed by atoms with E-state index in [1.807, 2.05) is 0 Å². The second-order valence-electron chi connectivity index (χ2n) is 16.3. The Morgan fingerprint density at radius 3 is 1.08 bits per heavy atom. The van der Waals surface area contributed by atoms with Gasteiger partial charge >= 0.3 is 11.9 Å². The molecule has 0 aliphatic heterocycles. The van der Waals surface area contributed by atoms with Gasteiger partial charge in [-0.2, -0.15) is 0 Å². The quantitative estimate of drug-likeness (QED) is 0.0346. The predicted molar refractivity (Wildman–Crippen MR) is 278 cm³/mol. The van der Waals surface area contributed by atoms with Gasteiger partial charge in [0.25, 0.3) is 0 Å². The predicted octanol–water partition coefficient (Wildman–Crippen LogP) is 17.6. The molecule has 0 bridgehead atoms. The summed E-state index contributed by atoms with van der Waals surface area (Å²) in [5, 5.41) is 0. The number of allylic oxidation sites excluding steroid dienone is 22. The van der Waals surface area contributed by atoms with Gasteiger partial charge in [-0.25, -0.2) is 0 Å². The second kappa shape index (κ2) is 53.4. The summed E-state index contributed by atoms with van der Waals surface area (Å²) in [4.78, 5) is 25.4. The van der Waals surface area contributed by atoms with E-state index < -0.39 is 6.10 Å². The van der Waals surface area contributed by atoms with Crippen molar-refractivity contribution in [3.05, 3.63) is 134 Å². The van der Waals surface area contributed by atoms with Crippen molar-refractivity contribution in [3.63, 3.8) is 0 Å². The van der Waals surface area contributed by atoms with Crippen molar-refractivity contribution >= 4 is 11.9 Å². The maximum Gasteiger partial charge on any atom is 0.306 e. The monoisotopic (exact) mass is 883 g/mol. The molecule has 0 heterocycles. The molecule has 360 valence electrons. The summed E-state index contributed by atoms with van der Waals surface area (Å²) in [6, 6.07) is 0. The standard InChI is InChI=1S/C59H94O5/c1-4-7-10-13-16-19-22-25-28-30-32-34-37-40-43-46-49-52-58(60)63-56-57(55-62-54-51-48-45-42-39-36-33-29-26-23-20-17-14-11-8-5-2)64-59(61)53-50-47-44-41-38-35-31-27-24-21-18-15-12-9-6-3/h7-12,16-21,25-29,31-32,34,38,41,57H,4-6,13-15,22-24,30,33,35-37,39-40,42-56H2,1-3H3/b10-7-,11-8-,12-9-,19-16-,20-17-,21-18-,28-25-,29-26-,31-27-,34-32-,41-38-. The molecule has 0 rings (SSSR count). The highest BCUT2D eigenvalue weighted by atomic mass is 16.6. The Morgan fingerprint density at radius 2 is 0.656 bits per heavy atom. The lowest BCUT2D eigenvalue weighted by Gasteiger charge is -2.18. The molecule has 5 nitrogen and oxygen atoms in total. The molecule has 0 radical (unpaired) electrons. The zero-order valence-corrected chi connectivity index (χ0v) is 41.2. The van der Waals surface area contributed by atoms with E-state index in [0.717, 1.165) is 141 Å². The number of esters is 2. The van der Waals surface area contributed by atoms with Crippen molar-refractivity contribution in [3.8, 4) is 0 Å². The molecular formula is C59H94O5. The molecule has 64 heavy (non-hydrogen) atoms. The molecule has 1 atom stereocenters. The molecule has 0 aromatic heterocycles. The van der Waals surface area contributed by atoms with Gasteiger partial charge in [0, 0.05) is 19.4 Å².